The Bertz CT molecular complexity index is 621. The predicted octanol–water partition coefficient (Wildman–Crippen LogP) is 1.97. The Balaban J connectivity index is 1.47. The highest BCUT2D eigenvalue weighted by Gasteiger charge is 2.51. The Hall–Kier alpha value is -2.12. The molecule has 156 valence electrons. The van der Waals surface area contributed by atoms with Crippen molar-refractivity contribution in [1.82, 2.24) is 15.1 Å². The number of esters is 1. The fraction of sp³-hybridized carbons (Fsp3) is 0.800. The summed E-state index contributed by atoms with van der Waals surface area (Å²) in [6, 6.07) is -0.437. The summed E-state index contributed by atoms with van der Waals surface area (Å²) >= 11 is 0. The first kappa shape index (κ1) is 20.6. The van der Waals surface area contributed by atoms with Gasteiger partial charge in [-0.1, -0.05) is 32.1 Å². The predicted molar refractivity (Wildman–Crippen MR) is 101 cm³/mol. The monoisotopic (exact) mass is 393 g/mol. The first-order valence-electron chi connectivity index (χ1n) is 10.6. The largest absolute Gasteiger partial charge is 0.452 e. The van der Waals surface area contributed by atoms with Gasteiger partial charge in [0.25, 0.3) is 11.8 Å². The number of ether oxygens (including phenoxy) is 1. The van der Waals surface area contributed by atoms with E-state index in [0.717, 1.165) is 49.8 Å². The normalized spacial score (nSPS) is 23.3. The van der Waals surface area contributed by atoms with Crippen LogP contribution in [-0.2, 0) is 19.1 Å². The van der Waals surface area contributed by atoms with Crippen LogP contribution in [0.4, 0.5) is 4.79 Å². The molecule has 3 aliphatic rings. The molecule has 8 heteroatoms. The van der Waals surface area contributed by atoms with Gasteiger partial charge in [-0.3, -0.25) is 19.3 Å². The maximum Gasteiger partial charge on any atom is 0.325 e. The Morgan fingerprint density at radius 2 is 1.64 bits per heavy atom. The number of nitrogens with one attached hydrogen (secondary N) is 1. The first-order chi connectivity index (χ1) is 13.4. The van der Waals surface area contributed by atoms with Crippen molar-refractivity contribution in [1.29, 1.82) is 0 Å². The maximum atomic E-state index is 12.7. The second kappa shape index (κ2) is 8.92. The van der Waals surface area contributed by atoms with E-state index < -0.39 is 23.6 Å². The molecule has 1 atom stereocenters. The van der Waals surface area contributed by atoms with Gasteiger partial charge >= 0.3 is 12.0 Å². The molecule has 8 nitrogen and oxygen atoms in total. The van der Waals surface area contributed by atoms with Crippen molar-refractivity contribution in [3.8, 4) is 0 Å². The number of carbonyl (C=O) groups excluding carboxylic acids is 4. The number of amides is 4. The van der Waals surface area contributed by atoms with Crippen LogP contribution in [0.5, 0.6) is 0 Å². The highest BCUT2D eigenvalue weighted by atomic mass is 16.5. The molecule has 0 aromatic rings. The summed E-state index contributed by atoms with van der Waals surface area (Å²) < 4.78 is 5.27. The van der Waals surface area contributed by atoms with Gasteiger partial charge in [0, 0.05) is 19.6 Å². The molecule has 3 fully saturated rings. The van der Waals surface area contributed by atoms with Gasteiger partial charge < -0.3 is 15.0 Å². The van der Waals surface area contributed by atoms with Crippen molar-refractivity contribution in [3.63, 3.8) is 0 Å². The topological polar surface area (TPSA) is 96.0 Å². The fourth-order valence-electron chi connectivity index (χ4n) is 4.43. The molecular formula is C20H31N3O5. The van der Waals surface area contributed by atoms with Crippen LogP contribution < -0.4 is 5.32 Å². The van der Waals surface area contributed by atoms with E-state index in [2.05, 4.69) is 5.32 Å². The molecule has 0 bridgehead atoms. The summed E-state index contributed by atoms with van der Waals surface area (Å²) in [6.45, 7) is 2.96. The van der Waals surface area contributed by atoms with E-state index in [4.69, 9.17) is 4.74 Å². The third-order valence-electron chi connectivity index (χ3n) is 6.07. The number of nitrogens with zero attached hydrogens (tertiary/aromatic N) is 2. The van der Waals surface area contributed by atoms with Gasteiger partial charge in [-0.05, 0) is 32.6 Å². The van der Waals surface area contributed by atoms with E-state index in [-0.39, 0.29) is 24.8 Å². The highest BCUT2D eigenvalue weighted by Crippen LogP contribution is 2.33. The van der Waals surface area contributed by atoms with Crippen molar-refractivity contribution in [3.05, 3.63) is 0 Å². The molecule has 4 amide bonds. The van der Waals surface area contributed by atoms with Crippen LogP contribution >= 0.6 is 0 Å². The maximum absolute atomic E-state index is 12.7. The minimum atomic E-state index is -0.849. The number of imide groups is 1. The lowest BCUT2D eigenvalue weighted by Crippen LogP contribution is -2.48. The second-order valence-corrected chi connectivity index (χ2v) is 8.15. The SMILES string of the molecule is CC(OC(=O)CCN1C(=O)NC2(CCCCC2)C1=O)C(=O)N1CCCCCC1. The Kier molecular flexibility index (Phi) is 6.57. The number of urea groups is 1. The molecule has 2 aliphatic heterocycles. The molecule has 3 rings (SSSR count). The van der Waals surface area contributed by atoms with Gasteiger partial charge in [0.15, 0.2) is 6.10 Å². The van der Waals surface area contributed by atoms with Crippen LogP contribution in [-0.4, -0.2) is 64.9 Å². The molecular weight excluding hydrogens is 362 g/mol. The lowest BCUT2D eigenvalue weighted by molar-refractivity contribution is -0.159. The van der Waals surface area contributed by atoms with Crippen LogP contribution in [0.25, 0.3) is 0 Å². The molecule has 1 saturated carbocycles. The van der Waals surface area contributed by atoms with Crippen molar-refractivity contribution in [2.24, 2.45) is 0 Å². The summed E-state index contributed by atoms with van der Waals surface area (Å²) in [5.74, 6) is -0.981. The summed E-state index contributed by atoms with van der Waals surface area (Å²) in [5, 5.41) is 2.83. The highest BCUT2D eigenvalue weighted by molar-refractivity contribution is 6.07. The van der Waals surface area contributed by atoms with Crippen LogP contribution in [0, 0.1) is 0 Å². The lowest BCUT2D eigenvalue weighted by Gasteiger charge is -2.30. The molecule has 1 spiro atoms. The van der Waals surface area contributed by atoms with Gasteiger partial charge in [0.2, 0.25) is 0 Å². The average Bonchev–Trinajstić information content (AvgIpc) is 2.88. The quantitative estimate of drug-likeness (QED) is 0.569. The number of carbonyl (C=O) groups is 4. The number of hydrogen-bond donors (Lipinski definition) is 1. The molecule has 2 saturated heterocycles. The molecule has 1 N–H and O–H groups in total. The molecule has 28 heavy (non-hydrogen) atoms. The van der Waals surface area contributed by atoms with Gasteiger partial charge in [-0.2, -0.15) is 0 Å². The fourth-order valence-corrected chi connectivity index (χ4v) is 4.43. The molecule has 0 aromatic heterocycles. The number of rotatable bonds is 5. The third kappa shape index (κ3) is 4.47. The van der Waals surface area contributed by atoms with E-state index in [9.17, 15) is 19.2 Å². The zero-order valence-electron chi connectivity index (χ0n) is 16.7. The lowest BCUT2D eigenvalue weighted by atomic mass is 9.82. The standard InChI is InChI=1S/C20H31N3O5/c1-15(17(25)22-12-7-2-3-8-13-22)28-16(24)9-14-23-18(26)20(21-19(23)27)10-5-4-6-11-20/h15H,2-14H2,1H3,(H,21,27). The average molecular weight is 393 g/mol. The summed E-state index contributed by atoms with van der Waals surface area (Å²) in [4.78, 5) is 52.5. The van der Waals surface area contributed by atoms with Crippen LogP contribution in [0.1, 0.15) is 71.1 Å². The molecule has 0 aromatic carbocycles. The van der Waals surface area contributed by atoms with E-state index in [0.29, 0.717) is 25.9 Å². The third-order valence-corrected chi connectivity index (χ3v) is 6.07. The summed E-state index contributed by atoms with van der Waals surface area (Å²) in [7, 11) is 0. The molecule has 2 heterocycles. The number of likely N-dealkylation sites (tertiary alicyclic amines) is 1. The van der Waals surface area contributed by atoms with Crippen LogP contribution in [0.15, 0.2) is 0 Å². The van der Waals surface area contributed by atoms with Crippen LogP contribution in [0.3, 0.4) is 0 Å². The van der Waals surface area contributed by atoms with Crippen LogP contribution in [0.2, 0.25) is 0 Å². The Labute approximate surface area is 165 Å². The van der Waals surface area contributed by atoms with Gasteiger partial charge in [0.1, 0.15) is 5.54 Å². The zero-order chi connectivity index (χ0) is 20.1. The van der Waals surface area contributed by atoms with Gasteiger partial charge in [-0.15, -0.1) is 0 Å². The second-order valence-electron chi connectivity index (χ2n) is 8.15. The first-order valence-corrected chi connectivity index (χ1v) is 10.6. The minimum Gasteiger partial charge on any atom is -0.452 e. The van der Waals surface area contributed by atoms with E-state index in [1.807, 2.05) is 0 Å². The Morgan fingerprint density at radius 1 is 1.04 bits per heavy atom. The van der Waals surface area contributed by atoms with Crippen molar-refractivity contribution < 1.29 is 23.9 Å². The van der Waals surface area contributed by atoms with Gasteiger partial charge in [-0.25, -0.2) is 4.79 Å². The minimum absolute atomic E-state index is 0.0180. The molecule has 1 aliphatic carbocycles. The van der Waals surface area contributed by atoms with Crippen molar-refractivity contribution in [2.75, 3.05) is 19.6 Å². The Morgan fingerprint density at radius 3 is 2.29 bits per heavy atom. The van der Waals surface area contributed by atoms with E-state index in [1.54, 1.807) is 11.8 Å². The smallest absolute Gasteiger partial charge is 0.325 e. The summed E-state index contributed by atoms with van der Waals surface area (Å²) in [6.07, 6.45) is 7.43. The summed E-state index contributed by atoms with van der Waals surface area (Å²) in [5.41, 5.74) is -0.782. The molecule has 1 unspecified atom stereocenters. The molecule has 0 radical (unpaired) electrons. The van der Waals surface area contributed by atoms with Gasteiger partial charge in [0.05, 0.1) is 6.42 Å². The van der Waals surface area contributed by atoms with Crippen molar-refractivity contribution >= 4 is 23.8 Å². The van der Waals surface area contributed by atoms with Crippen molar-refractivity contribution in [2.45, 2.75) is 82.8 Å². The van der Waals surface area contributed by atoms with E-state index >= 15 is 0 Å². The van der Waals surface area contributed by atoms with E-state index in [1.165, 1.54) is 0 Å². The zero-order valence-corrected chi connectivity index (χ0v) is 16.7. The number of hydrogen-bond acceptors (Lipinski definition) is 5.